The third kappa shape index (κ3) is 4.23. The number of phenols is 1. The van der Waals surface area contributed by atoms with E-state index in [0.717, 1.165) is 5.56 Å². The zero-order valence-electron chi connectivity index (χ0n) is 16.8. The Kier molecular flexibility index (Phi) is 6.25. The first kappa shape index (κ1) is 21.6. The summed E-state index contributed by atoms with van der Waals surface area (Å²) in [6.45, 7) is 0. The predicted molar refractivity (Wildman–Crippen MR) is 127 cm³/mol. The molecule has 0 aliphatic heterocycles. The van der Waals surface area contributed by atoms with Crippen LogP contribution in [-0.4, -0.2) is 29.3 Å². The van der Waals surface area contributed by atoms with Gasteiger partial charge in [-0.15, -0.1) is 0 Å². The molecule has 1 amide bonds. The van der Waals surface area contributed by atoms with E-state index in [4.69, 9.17) is 27.9 Å². The van der Waals surface area contributed by atoms with Crippen LogP contribution in [0, 0.1) is 0 Å². The van der Waals surface area contributed by atoms with Gasteiger partial charge in [0.2, 0.25) is 0 Å². The maximum absolute atomic E-state index is 13.0. The van der Waals surface area contributed by atoms with E-state index in [2.05, 4.69) is 15.5 Å². The molecule has 0 radical (unpaired) electrons. The van der Waals surface area contributed by atoms with Crippen molar-refractivity contribution < 1.29 is 14.6 Å². The van der Waals surface area contributed by atoms with Crippen LogP contribution in [0.2, 0.25) is 10.0 Å². The molecule has 0 fully saturated rings. The maximum Gasteiger partial charge on any atom is 0.272 e. The highest BCUT2D eigenvalue weighted by molar-refractivity contribution is 6.43. The van der Waals surface area contributed by atoms with Gasteiger partial charge in [-0.1, -0.05) is 71.7 Å². The third-order valence-electron chi connectivity index (χ3n) is 4.80. The molecule has 32 heavy (non-hydrogen) atoms. The Morgan fingerprint density at radius 2 is 1.81 bits per heavy atom. The lowest BCUT2D eigenvalue weighted by molar-refractivity contribution is 0.0956. The molecule has 6 nitrogen and oxygen atoms in total. The van der Waals surface area contributed by atoms with Crippen LogP contribution in [0.15, 0.2) is 71.8 Å². The highest BCUT2D eigenvalue weighted by Gasteiger charge is 2.16. The molecule has 0 saturated heterocycles. The molecule has 0 unspecified atom stereocenters. The van der Waals surface area contributed by atoms with Gasteiger partial charge in [-0.05, 0) is 12.1 Å². The van der Waals surface area contributed by atoms with Gasteiger partial charge < -0.3 is 9.84 Å². The van der Waals surface area contributed by atoms with E-state index in [-0.39, 0.29) is 27.1 Å². The predicted octanol–water partition coefficient (Wildman–Crippen LogP) is 5.69. The van der Waals surface area contributed by atoms with Gasteiger partial charge in [-0.25, -0.2) is 10.4 Å². The number of para-hydroxylation sites is 1. The average Bonchev–Trinajstić information content (AvgIpc) is 2.83. The number of hydrazone groups is 1. The molecule has 1 aromatic heterocycles. The number of benzene rings is 3. The number of aromatic hydroxyl groups is 1. The number of pyridine rings is 1. The van der Waals surface area contributed by atoms with E-state index in [1.807, 2.05) is 54.6 Å². The number of carbonyl (C=O) groups excluding carboxylic acids is 1. The van der Waals surface area contributed by atoms with Crippen molar-refractivity contribution in [3.8, 4) is 22.8 Å². The molecular formula is C24H17Cl2N3O3. The molecule has 0 atom stereocenters. The fourth-order valence-electron chi connectivity index (χ4n) is 3.22. The van der Waals surface area contributed by atoms with Crippen molar-refractivity contribution >= 4 is 46.2 Å². The first-order valence-electron chi connectivity index (χ1n) is 9.53. The highest BCUT2D eigenvalue weighted by Crippen LogP contribution is 2.39. The van der Waals surface area contributed by atoms with E-state index < -0.39 is 5.91 Å². The van der Waals surface area contributed by atoms with Gasteiger partial charge in [-0.2, -0.15) is 5.10 Å². The summed E-state index contributed by atoms with van der Waals surface area (Å²) in [4.78, 5) is 17.7. The molecule has 8 heteroatoms. The largest absolute Gasteiger partial charge is 0.504 e. The molecular weight excluding hydrogens is 449 g/mol. The lowest BCUT2D eigenvalue weighted by Crippen LogP contribution is -2.18. The Morgan fingerprint density at radius 1 is 1.09 bits per heavy atom. The van der Waals surface area contributed by atoms with Crippen LogP contribution in [0.3, 0.4) is 0 Å². The maximum atomic E-state index is 13.0. The van der Waals surface area contributed by atoms with Crippen LogP contribution in [-0.2, 0) is 0 Å². The Labute approximate surface area is 194 Å². The number of carbonyl (C=O) groups is 1. The van der Waals surface area contributed by atoms with Gasteiger partial charge in [0.15, 0.2) is 11.5 Å². The first-order valence-corrected chi connectivity index (χ1v) is 10.3. The van der Waals surface area contributed by atoms with Crippen molar-refractivity contribution in [2.45, 2.75) is 0 Å². The number of nitrogens with one attached hydrogen (secondary N) is 1. The smallest absolute Gasteiger partial charge is 0.272 e. The minimum Gasteiger partial charge on any atom is -0.504 e. The zero-order valence-corrected chi connectivity index (χ0v) is 18.4. The number of rotatable bonds is 5. The molecule has 0 aliphatic rings. The van der Waals surface area contributed by atoms with Crippen molar-refractivity contribution in [2.75, 3.05) is 7.11 Å². The molecule has 4 rings (SSSR count). The average molecular weight is 466 g/mol. The molecule has 0 bridgehead atoms. The van der Waals surface area contributed by atoms with E-state index in [1.54, 1.807) is 6.07 Å². The van der Waals surface area contributed by atoms with Crippen LogP contribution < -0.4 is 10.2 Å². The molecule has 0 spiro atoms. The zero-order chi connectivity index (χ0) is 22.7. The van der Waals surface area contributed by atoms with E-state index >= 15 is 0 Å². The van der Waals surface area contributed by atoms with Gasteiger partial charge in [-0.3, -0.25) is 4.79 Å². The van der Waals surface area contributed by atoms with Crippen LogP contribution >= 0.6 is 23.2 Å². The van der Waals surface area contributed by atoms with Crippen molar-refractivity contribution in [1.29, 1.82) is 0 Å². The Balaban J connectivity index is 1.69. The van der Waals surface area contributed by atoms with Crippen molar-refractivity contribution in [1.82, 2.24) is 10.4 Å². The van der Waals surface area contributed by atoms with Crippen LogP contribution in [0.4, 0.5) is 0 Å². The molecule has 0 aliphatic carbocycles. The second-order valence-electron chi connectivity index (χ2n) is 6.77. The topological polar surface area (TPSA) is 83.8 Å². The number of halogens is 2. The fourth-order valence-corrected chi connectivity index (χ4v) is 3.62. The summed E-state index contributed by atoms with van der Waals surface area (Å²) in [7, 11) is 1.39. The molecule has 160 valence electrons. The summed E-state index contributed by atoms with van der Waals surface area (Å²) in [5.41, 5.74) is 5.25. The summed E-state index contributed by atoms with van der Waals surface area (Å²) in [5.74, 6) is -0.540. The van der Waals surface area contributed by atoms with Gasteiger partial charge >= 0.3 is 0 Å². The number of hydrogen-bond acceptors (Lipinski definition) is 5. The SMILES string of the molecule is COc1cc(Cl)c(Cl)c(/C=N/NC(=O)c2cc(-c3ccccc3)nc3ccccc23)c1O. The molecule has 0 saturated carbocycles. The number of aromatic nitrogens is 1. The number of nitrogens with zero attached hydrogens (tertiary/aromatic N) is 2. The van der Waals surface area contributed by atoms with Gasteiger partial charge in [0, 0.05) is 17.0 Å². The number of amides is 1. The standard InChI is InChI=1S/C24H17Cl2N3O3/c1-32-21-12-18(25)22(26)17(23(21)30)13-27-29-24(31)16-11-20(14-7-3-2-4-8-14)28-19-10-6-5-9-15(16)19/h2-13,30H,1H3,(H,29,31)/b27-13+. The second-order valence-corrected chi connectivity index (χ2v) is 7.56. The number of methoxy groups -OCH3 is 1. The van der Waals surface area contributed by atoms with E-state index in [9.17, 15) is 9.90 Å². The molecule has 1 heterocycles. The van der Waals surface area contributed by atoms with Crippen molar-refractivity contribution in [3.63, 3.8) is 0 Å². The molecule has 3 aromatic carbocycles. The van der Waals surface area contributed by atoms with Crippen molar-refractivity contribution in [2.24, 2.45) is 5.10 Å². The number of ether oxygens (including phenoxy) is 1. The van der Waals surface area contributed by atoms with Gasteiger partial charge in [0.1, 0.15) is 0 Å². The summed E-state index contributed by atoms with van der Waals surface area (Å²) < 4.78 is 5.07. The quantitative estimate of drug-likeness (QED) is 0.293. The summed E-state index contributed by atoms with van der Waals surface area (Å²) in [5, 5.41) is 15.2. The summed E-state index contributed by atoms with van der Waals surface area (Å²) >= 11 is 12.2. The van der Waals surface area contributed by atoms with E-state index in [1.165, 1.54) is 19.4 Å². The summed E-state index contributed by atoms with van der Waals surface area (Å²) in [6, 6.07) is 20.1. The van der Waals surface area contributed by atoms with Gasteiger partial charge in [0.05, 0.1) is 45.7 Å². The highest BCUT2D eigenvalue weighted by atomic mass is 35.5. The van der Waals surface area contributed by atoms with Crippen LogP contribution in [0.5, 0.6) is 11.5 Å². The van der Waals surface area contributed by atoms with Gasteiger partial charge in [0.25, 0.3) is 5.91 Å². The number of phenolic OH excluding ortho intramolecular Hbond substituents is 1. The molecule has 2 N–H and O–H groups in total. The van der Waals surface area contributed by atoms with Crippen molar-refractivity contribution in [3.05, 3.63) is 87.9 Å². The Bertz CT molecular complexity index is 1340. The second kappa shape index (κ2) is 9.26. The Morgan fingerprint density at radius 3 is 2.56 bits per heavy atom. The molecule has 4 aromatic rings. The minimum atomic E-state index is -0.443. The number of hydrogen-bond donors (Lipinski definition) is 2. The first-order chi connectivity index (χ1) is 15.5. The lowest BCUT2D eigenvalue weighted by atomic mass is 10.0. The monoisotopic (exact) mass is 465 g/mol. The minimum absolute atomic E-state index is 0.0868. The summed E-state index contributed by atoms with van der Waals surface area (Å²) in [6.07, 6.45) is 1.21. The lowest BCUT2D eigenvalue weighted by Gasteiger charge is -2.10. The number of fused-ring (bicyclic) bond motifs is 1. The van der Waals surface area contributed by atoms with Crippen LogP contribution in [0.1, 0.15) is 15.9 Å². The fraction of sp³-hybridized carbons (Fsp3) is 0.0417. The normalized spacial score (nSPS) is 11.1. The van der Waals surface area contributed by atoms with Crippen LogP contribution in [0.25, 0.3) is 22.2 Å². The Hall–Kier alpha value is -3.61. The third-order valence-corrected chi connectivity index (χ3v) is 5.60. The van der Waals surface area contributed by atoms with E-state index in [0.29, 0.717) is 22.2 Å².